The summed E-state index contributed by atoms with van der Waals surface area (Å²) in [7, 11) is 5.76. The Morgan fingerprint density at radius 1 is 0.894 bits per heavy atom. The monoisotopic (exact) mass is 652 g/mol. The van der Waals surface area contributed by atoms with Crippen molar-refractivity contribution >= 4 is 35.5 Å². The first kappa shape index (κ1) is 37.8. The van der Waals surface area contributed by atoms with Crippen LogP contribution in [0.5, 0.6) is 11.5 Å². The molecule has 0 heterocycles. The summed E-state index contributed by atoms with van der Waals surface area (Å²) in [5.41, 5.74) is 5.52. The van der Waals surface area contributed by atoms with Gasteiger partial charge in [0.15, 0.2) is 0 Å². The van der Waals surface area contributed by atoms with Crippen molar-refractivity contribution in [2.45, 2.75) is 39.2 Å². The highest BCUT2D eigenvalue weighted by molar-refractivity contribution is 6.04. The molecule has 0 spiro atoms. The Morgan fingerprint density at radius 3 is 2.06 bits per heavy atom. The molecule has 47 heavy (non-hydrogen) atoms. The molecular weight excluding hydrogens is 612 g/mol. The summed E-state index contributed by atoms with van der Waals surface area (Å²) in [6.07, 6.45) is -1.11. The van der Waals surface area contributed by atoms with Gasteiger partial charge in [-0.15, -0.1) is 0 Å². The number of aliphatic carboxylic acids is 3. The highest BCUT2D eigenvalue weighted by atomic mass is 16.6. The zero-order chi connectivity index (χ0) is 35.3. The van der Waals surface area contributed by atoms with Crippen LogP contribution >= 0.6 is 0 Å². The maximum Gasteiger partial charge on any atom is 0.345 e. The molecule has 0 aliphatic heterocycles. The Balaban J connectivity index is 0.000000407. The third-order valence-corrected chi connectivity index (χ3v) is 6.87. The number of hydrogen-bond donors (Lipinski definition) is 5. The lowest BCUT2D eigenvalue weighted by atomic mass is 9.98. The quantitative estimate of drug-likeness (QED) is 0.155. The highest BCUT2D eigenvalue weighted by Gasteiger charge is 2.38. The van der Waals surface area contributed by atoms with Crippen molar-refractivity contribution in [2.24, 2.45) is 5.92 Å². The van der Waals surface area contributed by atoms with E-state index in [0.717, 1.165) is 60.0 Å². The van der Waals surface area contributed by atoms with Crippen LogP contribution in [-0.4, -0.2) is 89.0 Å². The average molecular weight is 653 g/mol. The Morgan fingerprint density at radius 2 is 1.55 bits per heavy atom. The van der Waals surface area contributed by atoms with E-state index in [2.05, 4.69) is 29.0 Å². The molecule has 2 atom stereocenters. The average Bonchev–Trinajstić information content (AvgIpc) is 2.99. The van der Waals surface area contributed by atoms with E-state index in [1.54, 1.807) is 25.3 Å². The van der Waals surface area contributed by atoms with Gasteiger partial charge in [0.1, 0.15) is 17.4 Å². The number of rotatable bonds is 14. The second-order valence-corrected chi connectivity index (χ2v) is 10.9. The number of carboxylic acid groups (broad SMARTS) is 3. The number of aryl methyl sites for hydroxylation is 2. The number of phenolic OH excluding ortho intramolecular Hbond substituents is 1. The van der Waals surface area contributed by atoms with E-state index in [1.165, 1.54) is 0 Å². The van der Waals surface area contributed by atoms with Gasteiger partial charge in [-0.05, 0) is 105 Å². The van der Waals surface area contributed by atoms with Crippen LogP contribution in [0, 0.1) is 12.8 Å². The first-order valence-corrected chi connectivity index (χ1v) is 14.5. The second-order valence-electron chi connectivity index (χ2n) is 10.9. The van der Waals surface area contributed by atoms with Crippen LogP contribution < -0.4 is 10.1 Å². The van der Waals surface area contributed by atoms with Gasteiger partial charge in [-0.1, -0.05) is 18.2 Å². The normalized spacial score (nSPS) is 11.8. The van der Waals surface area contributed by atoms with Crippen LogP contribution in [0.2, 0.25) is 0 Å². The summed E-state index contributed by atoms with van der Waals surface area (Å²) in [6.45, 7) is 3.88. The Kier molecular flexibility index (Phi) is 14.4. The van der Waals surface area contributed by atoms with Gasteiger partial charge in [-0.3, -0.25) is 19.2 Å². The number of carbonyl (C=O) groups excluding carboxylic acids is 2. The standard InChI is InChI=1S/C26H30N2O3.C8H10O8/c1-18-16-22(10-13-24(18)19-7-11-23(29)12-8-19)27-26(30)21-9-14-25(31-4)20(17-21)6-5-15-28(2)3;1-3(9)16-6(8(14)15)4(7(12)13)2-5(10)11/h7-14,16-17,29H,5-6,15H2,1-4H3,(H,27,30);4,6H,2H2,1H3,(H,10,11)(H,12,13)(H,14,15). The van der Waals surface area contributed by atoms with Gasteiger partial charge in [0.2, 0.25) is 6.10 Å². The molecule has 2 unspecified atom stereocenters. The number of phenols is 1. The molecule has 0 saturated heterocycles. The topological polar surface area (TPSA) is 200 Å². The highest BCUT2D eigenvalue weighted by Crippen LogP contribution is 2.28. The number of nitrogens with one attached hydrogen (secondary N) is 1. The number of hydrogen-bond acceptors (Lipinski definition) is 9. The van der Waals surface area contributed by atoms with E-state index < -0.39 is 42.3 Å². The van der Waals surface area contributed by atoms with E-state index in [0.29, 0.717) is 5.56 Å². The lowest BCUT2D eigenvalue weighted by molar-refractivity contribution is -0.173. The van der Waals surface area contributed by atoms with Crippen molar-refractivity contribution in [2.75, 3.05) is 33.1 Å². The van der Waals surface area contributed by atoms with Gasteiger partial charge in [-0.25, -0.2) is 4.79 Å². The Labute approximate surface area is 272 Å². The first-order valence-electron chi connectivity index (χ1n) is 14.5. The van der Waals surface area contributed by atoms with E-state index >= 15 is 0 Å². The summed E-state index contributed by atoms with van der Waals surface area (Å²) in [5.74, 6) is -6.77. The molecule has 0 fully saturated rings. The molecule has 13 heteroatoms. The van der Waals surface area contributed by atoms with Gasteiger partial charge in [0.05, 0.1) is 13.5 Å². The van der Waals surface area contributed by atoms with Gasteiger partial charge in [0.25, 0.3) is 5.91 Å². The van der Waals surface area contributed by atoms with Crippen LogP contribution in [0.4, 0.5) is 5.69 Å². The molecule has 0 saturated carbocycles. The lowest BCUT2D eigenvalue weighted by Gasteiger charge is -2.18. The Hall–Kier alpha value is -5.43. The number of benzene rings is 3. The van der Waals surface area contributed by atoms with Gasteiger partial charge >= 0.3 is 23.9 Å². The van der Waals surface area contributed by atoms with Crippen LogP contribution in [-0.2, 0) is 30.3 Å². The van der Waals surface area contributed by atoms with E-state index in [-0.39, 0.29) is 11.7 Å². The number of nitrogens with zero attached hydrogens (tertiary/aromatic N) is 1. The van der Waals surface area contributed by atoms with Gasteiger partial charge < -0.3 is 40.1 Å². The van der Waals surface area contributed by atoms with Crippen molar-refractivity contribution < 1.29 is 53.9 Å². The second kappa shape index (κ2) is 17.9. The van der Waals surface area contributed by atoms with Crippen LogP contribution in [0.1, 0.15) is 41.3 Å². The fourth-order valence-corrected chi connectivity index (χ4v) is 4.61. The van der Waals surface area contributed by atoms with E-state index in [4.69, 9.17) is 20.1 Å². The number of aromatic hydroxyl groups is 1. The first-order chi connectivity index (χ1) is 22.1. The van der Waals surface area contributed by atoms with E-state index in [9.17, 15) is 29.1 Å². The molecule has 0 aromatic heterocycles. The van der Waals surface area contributed by atoms with Crippen molar-refractivity contribution in [3.63, 3.8) is 0 Å². The number of methoxy groups -OCH3 is 1. The van der Waals surface area contributed by atoms with Crippen molar-refractivity contribution in [1.82, 2.24) is 4.90 Å². The SMILES string of the molecule is CC(=O)OC(C(=O)O)C(CC(=O)O)C(=O)O.COc1ccc(C(=O)Nc2ccc(-c3ccc(O)cc3)c(C)c2)cc1CCCN(C)C. The zero-order valence-electron chi connectivity index (χ0n) is 26.9. The Bertz CT molecular complexity index is 1540. The van der Waals surface area contributed by atoms with Gasteiger partial charge in [0, 0.05) is 18.2 Å². The number of esters is 1. The molecule has 5 N–H and O–H groups in total. The third-order valence-electron chi connectivity index (χ3n) is 6.87. The molecule has 13 nitrogen and oxygen atoms in total. The summed E-state index contributed by atoms with van der Waals surface area (Å²) in [5, 5.41) is 38.1. The van der Waals surface area contributed by atoms with Crippen molar-refractivity contribution in [3.05, 3.63) is 77.4 Å². The summed E-state index contributed by atoms with van der Waals surface area (Å²) >= 11 is 0. The molecule has 3 rings (SSSR count). The minimum Gasteiger partial charge on any atom is -0.508 e. The predicted octanol–water partition coefficient (Wildman–Crippen LogP) is 4.30. The maximum atomic E-state index is 12.9. The van der Waals surface area contributed by atoms with Crippen LogP contribution in [0.25, 0.3) is 11.1 Å². The zero-order valence-corrected chi connectivity index (χ0v) is 26.9. The molecular formula is C34H40N2O11. The number of anilines is 1. The fourth-order valence-electron chi connectivity index (χ4n) is 4.61. The predicted molar refractivity (Wildman–Crippen MR) is 173 cm³/mol. The van der Waals surface area contributed by atoms with Crippen molar-refractivity contribution in [3.8, 4) is 22.6 Å². The molecule has 3 aromatic rings. The summed E-state index contributed by atoms with van der Waals surface area (Å²) in [6, 6.07) is 18.5. The number of amides is 1. The third kappa shape index (κ3) is 12.1. The number of ether oxygens (including phenoxy) is 2. The minimum atomic E-state index is -2.01. The summed E-state index contributed by atoms with van der Waals surface area (Å²) in [4.78, 5) is 57.2. The molecule has 1 amide bonds. The fraction of sp³-hybridized carbons (Fsp3) is 0.324. The van der Waals surface area contributed by atoms with Crippen LogP contribution in [0.3, 0.4) is 0 Å². The van der Waals surface area contributed by atoms with Crippen molar-refractivity contribution in [1.29, 1.82) is 0 Å². The smallest absolute Gasteiger partial charge is 0.345 e. The molecule has 0 aliphatic carbocycles. The minimum absolute atomic E-state index is 0.145. The molecule has 0 radical (unpaired) electrons. The molecule has 0 bridgehead atoms. The molecule has 0 aliphatic rings. The maximum absolute atomic E-state index is 12.9. The van der Waals surface area contributed by atoms with Gasteiger partial charge in [-0.2, -0.15) is 0 Å². The largest absolute Gasteiger partial charge is 0.508 e. The number of carbonyl (C=O) groups is 5. The molecule has 3 aromatic carbocycles. The van der Waals surface area contributed by atoms with Crippen LogP contribution in [0.15, 0.2) is 60.7 Å². The van der Waals surface area contributed by atoms with E-state index in [1.807, 2.05) is 49.4 Å². The number of carboxylic acids is 3. The molecule has 252 valence electrons. The summed E-state index contributed by atoms with van der Waals surface area (Å²) < 4.78 is 9.73. The lowest BCUT2D eigenvalue weighted by Crippen LogP contribution is -2.39.